The molecule has 1 aliphatic heterocycles. The molecule has 0 radical (unpaired) electrons. The van der Waals surface area contributed by atoms with Crippen LogP contribution in [0, 0.1) is 5.92 Å². The zero-order valence-corrected chi connectivity index (χ0v) is 18.2. The monoisotopic (exact) mass is 432 g/mol. The summed E-state index contributed by atoms with van der Waals surface area (Å²) in [7, 11) is -2.39. The lowest BCUT2D eigenvalue weighted by Crippen LogP contribution is -2.45. The van der Waals surface area contributed by atoms with E-state index >= 15 is 0 Å². The Bertz CT molecular complexity index is 770. The van der Waals surface area contributed by atoms with Crippen LogP contribution < -0.4 is 10.1 Å². The first-order valence-corrected chi connectivity index (χ1v) is 11.3. The van der Waals surface area contributed by atoms with Gasteiger partial charge in [-0.1, -0.05) is 11.6 Å². The minimum atomic E-state index is -3.81. The average molecular weight is 433 g/mol. The maximum atomic E-state index is 13.1. The van der Waals surface area contributed by atoms with Gasteiger partial charge in [-0.15, -0.1) is 0 Å². The molecule has 0 aliphatic carbocycles. The highest BCUT2D eigenvalue weighted by molar-refractivity contribution is 7.89. The number of nitrogens with zero attached hydrogens (tertiary/aromatic N) is 1. The van der Waals surface area contributed by atoms with Gasteiger partial charge in [-0.3, -0.25) is 4.79 Å². The normalized spacial score (nSPS) is 18.2. The molecule has 1 amide bonds. The summed E-state index contributed by atoms with van der Waals surface area (Å²) in [5.41, 5.74) is 0. The fourth-order valence-corrected chi connectivity index (χ4v) is 5.06. The summed E-state index contributed by atoms with van der Waals surface area (Å²) in [5.74, 6) is -0.261. The molecule has 1 aromatic rings. The molecule has 9 heteroatoms. The molecule has 1 aromatic carbocycles. The maximum absolute atomic E-state index is 13.1. The zero-order chi connectivity index (χ0) is 20.7. The van der Waals surface area contributed by atoms with Crippen LogP contribution in [0.4, 0.5) is 0 Å². The summed E-state index contributed by atoms with van der Waals surface area (Å²) in [4.78, 5) is 12.5. The summed E-state index contributed by atoms with van der Waals surface area (Å²) in [6.07, 6.45) is 2.17. The molecular formula is C19H29ClN2O5S. The molecule has 2 rings (SSSR count). The van der Waals surface area contributed by atoms with Gasteiger partial charge in [0.05, 0.1) is 19.1 Å². The number of rotatable bonds is 9. The second-order valence-corrected chi connectivity index (χ2v) is 9.40. The maximum Gasteiger partial charge on any atom is 0.246 e. The summed E-state index contributed by atoms with van der Waals surface area (Å²) in [6.45, 7) is 5.53. The molecule has 0 spiro atoms. The third-order valence-electron chi connectivity index (χ3n) is 4.57. The number of hydrogen-bond acceptors (Lipinski definition) is 5. The first kappa shape index (κ1) is 22.9. The van der Waals surface area contributed by atoms with Crippen molar-refractivity contribution in [2.75, 3.05) is 33.4 Å². The Balaban J connectivity index is 2.00. The number of methoxy groups -OCH3 is 1. The van der Waals surface area contributed by atoms with Gasteiger partial charge in [0.1, 0.15) is 10.6 Å². The molecule has 1 fully saturated rings. The van der Waals surface area contributed by atoms with E-state index < -0.39 is 10.0 Å². The van der Waals surface area contributed by atoms with Crippen molar-refractivity contribution < 1.29 is 22.7 Å². The largest absolute Gasteiger partial charge is 0.495 e. The molecule has 28 heavy (non-hydrogen) atoms. The number of carbonyl (C=O) groups is 1. The van der Waals surface area contributed by atoms with Gasteiger partial charge < -0.3 is 14.8 Å². The lowest BCUT2D eigenvalue weighted by atomic mass is 9.99. The number of piperidine rings is 1. The molecule has 1 atom stereocenters. The van der Waals surface area contributed by atoms with Crippen molar-refractivity contribution in [3.05, 3.63) is 23.2 Å². The third kappa shape index (κ3) is 6.07. The average Bonchev–Trinajstić information content (AvgIpc) is 2.67. The van der Waals surface area contributed by atoms with Crippen LogP contribution in [0.3, 0.4) is 0 Å². The molecule has 1 N–H and O–H groups in total. The van der Waals surface area contributed by atoms with Crippen LogP contribution in [0.15, 0.2) is 23.1 Å². The van der Waals surface area contributed by atoms with E-state index in [1.807, 2.05) is 13.8 Å². The molecule has 0 saturated carbocycles. The third-order valence-corrected chi connectivity index (χ3v) is 6.69. The number of carbonyl (C=O) groups excluding carboxylic acids is 1. The minimum Gasteiger partial charge on any atom is -0.495 e. The van der Waals surface area contributed by atoms with Crippen LogP contribution in [0.1, 0.15) is 33.1 Å². The molecule has 1 aliphatic rings. The number of ether oxygens (including phenoxy) is 2. The second-order valence-electron chi connectivity index (χ2n) is 7.06. The SMILES string of the molecule is COc1ccc(Cl)cc1S(=O)(=O)N1CCC[C@H](C(=O)NCCCOC(C)C)C1. The Hall–Kier alpha value is -1.35. The van der Waals surface area contributed by atoms with Gasteiger partial charge in [0.15, 0.2) is 0 Å². The van der Waals surface area contributed by atoms with Crippen LogP contribution in [0.2, 0.25) is 5.02 Å². The minimum absolute atomic E-state index is 0.0226. The topological polar surface area (TPSA) is 84.9 Å². The number of amides is 1. The predicted molar refractivity (Wildman–Crippen MR) is 108 cm³/mol. The highest BCUT2D eigenvalue weighted by Gasteiger charge is 2.34. The number of halogens is 1. The quantitative estimate of drug-likeness (QED) is 0.606. The van der Waals surface area contributed by atoms with Crippen LogP contribution in [0.25, 0.3) is 0 Å². The first-order chi connectivity index (χ1) is 13.3. The Morgan fingerprint density at radius 2 is 2.14 bits per heavy atom. The van der Waals surface area contributed by atoms with Crippen molar-refractivity contribution >= 4 is 27.5 Å². The molecule has 1 saturated heterocycles. The Morgan fingerprint density at radius 1 is 1.39 bits per heavy atom. The lowest BCUT2D eigenvalue weighted by molar-refractivity contribution is -0.126. The second kappa shape index (κ2) is 10.4. The Kier molecular flexibility index (Phi) is 8.55. The van der Waals surface area contributed by atoms with Gasteiger partial charge in [0.25, 0.3) is 0 Å². The van der Waals surface area contributed by atoms with E-state index in [2.05, 4.69) is 5.32 Å². The van der Waals surface area contributed by atoms with Crippen LogP contribution >= 0.6 is 11.6 Å². The summed E-state index contributed by atoms with van der Waals surface area (Å²) in [6, 6.07) is 4.49. The molecule has 7 nitrogen and oxygen atoms in total. The van der Waals surface area contributed by atoms with Gasteiger partial charge in [0, 0.05) is 31.3 Å². The van der Waals surface area contributed by atoms with Gasteiger partial charge in [0.2, 0.25) is 15.9 Å². The van der Waals surface area contributed by atoms with Crippen LogP contribution in [-0.2, 0) is 19.6 Å². The lowest BCUT2D eigenvalue weighted by Gasteiger charge is -2.31. The number of hydrogen-bond donors (Lipinski definition) is 1. The van der Waals surface area contributed by atoms with Crippen molar-refractivity contribution in [1.82, 2.24) is 9.62 Å². The number of nitrogens with one attached hydrogen (secondary N) is 1. The fraction of sp³-hybridized carbons (Fsp3) is 0.632. The van der Waals surface area contributed by atoms with Gasteiger partial charge >= 0.3 is 0 Å². The van der Waals surface area contributed by atoms with Crippen molar-refractivity contribution in [1.29, 1.82) is 0 Å². The zero-order valence-electron chi connectivity index (χ0n) is 16.6. The van der Waals surface area contributed by atoms with Crippen LogP contribution in [-0.4, -0.2) is 58.1 Å². The molecule has 0 aromatic heterocycles. The summed E-state index contributed by atoms with van der Waals surface area (Å²) >= 11 is 5.99. The van der Waals surface area contributed by atoms with Gasteiger partial charge in [-0.2, -0.15) is 4.31 Å². The fourth-order valence-electron chi connectivity index (χ4n) is 3.11. The van der Waals surface area contributed by atoms with Gasteiger partial charge in [-0.05, 0) is 51.3 Å². The van der Waals surface area contributed by atoms with E-state index in [4.69, 9.17) is 21.1 Å². The summed E-state index contributed by atoms with van der Waals surface area (Å²) in [5, 5.41) is 3.20. The van der Waals surface area contributed by atoms with Crippen LogP contribution in [0.5, 0.6) is 5.75 Å². The number of sulfonamides is 1. The van der Waals surface area contributed by atoms with E-state index in [0.29, 0.717) is 37.6 Å². The molecule has 1 heterocycles. The van der Waals surface area contributed by atoms with Crippen molar-refractivity contribution in [2.24, 2.45) is 5.92 Å². The Morgan fingerprint density at radius 3 is 2.82 bits per heavy atom. The molecule has 0 bridgehead atoms. The standard InChI is InChI=1S/C19H29ClN2O5S/c1-14(2)27-11-5-9-21-19(23)15-6-4-10-22(13-15)28(24,25)18-12-16(20)7-8-17(18)26-3/h7-8,12,14-15H,4-6,9-11,13H2,1-3H3,(H,21,23)/t15-/m0/s1. The van der Waals surface area contributed by atoms with E-state index in [0.717, 1.165) is 6.42 Å². The van der Waals surface area contributed by atoms with Crippen molar-refractivity contribution in [3.8, 4) is 5.75 Å². The van der Waals surface area contributed by atoms with Crippen molar-refractivity contribution in [3.63, 3.8) is 0 Å². The van der Waals surface area contributed by atoms with Gasteiger partial charge in [-0.25, -0.2) is 8.42 Å². The Labute approximate surface area is 172 Å². The van der Waals surface area contributed by atoms with E-state index in [1.54, 1.807) is 6.07 Å². The first-order valence-electron chi connectivity index (χ1n) is 9.48. The van der Waals surface area contributed by atoms with E-state index in [1.165, 1.54) is 23.5 Å². The van der Waals surface area contributed by atoms with Crippen molar-refractivity contribution in [2.45, 2.75) is 44.1 Å². The molecule has 0 unspecified atom stereocenters. The molecule has 158 valence electrons. The summed E-state index contributed by atoms with van der Waals surface area (Å²) < 4.78 is 38.2. The molecular weight excluding hydrogens is 404 g/mol. The van der Waals surface area contributed by atoms with E-state index in [9.17, 15) is 13.2 Å². The smallest absolute Gasteiger partial charge is 0.246 e. The number of benzene rings is 1. The van der Waals surface area contributed by atoms with E-state index in [-0.39, 0.29) is 35.1 Å². The highest BCUT2D eigenvalue weighted by Crippen LogP contribution is 2.31. The highest BCUT2D eigenvalue weighted by atomic mass is 35.5. The predicted octanol–water partition coefficient (Wildman–Crippen LogP) is 2.68.